The molecular weight excluding hydrogens is 202 g/mol. The number of likely N-dealkylation sites (tertiary alicyclic amines) is 1. The maximum Gasteiger partial charge on any atom is 0.244 e. The van der Waals surface area contributed by atoms with Gasteiger partial charge in [0, 0.05) is 26.2 Å². The predicted octanol–water partition coefficient (Wildman–Crippen LogP) is 1.09. The summed E-state index contributed by atoms with van der Waals surface area (Å²) in [5, 5.41) is 9.31. The van der Waals surface area contributed by atoms with Gasteiger partial charge in [0.25, 0.3) is 0 Å². The second-order valence-corrected chi connectivity index (χ2v) is 4.82. The Morgan fingerprint density at radius 3 is 2.62 bits per heavy atom. The smallest absolute Gasteiger partial charge is 0.244 e. The Kier molecular flexibility index (Phi) is 3.93. The van der Waals surface area contributed by atoms with Crippen LogP contribution in [-0.2, 0) is 4.79 Å². The number of hydrogen-bond acceptors (Lipinski definition) is 3. The molecular formula is C12H21N3O. The molecule has 0 N–H and O–H groups in total. The molecule has 4 nitrogen and oxygen atoms in total. The summed E-state index contributed by atoms with van der Waals surface area (Å²) in [4.78, 5) is 16.1. The van der Waals surface area contributed by atoms with E-state index in [1.54, 1.807) is 11.9 Å². The molecule has 0 bridgehead atoms. The summed E-state index contributed by atoms with van der Waals surface area (Å²) in [6.07, 6.45) is 0.660. The molecule has 0 saturated carbocycles. The van der Waals surface area contributed by atoms with E-state index in [-0.39, 0.29) is 11.9 Å². The fourth-order valence-electron chi connectivity index (χ4n) is 2.04. The first-order chi connectivity index (χ1) is 7.46. The van der Waals surface area contributed by atoms with Crippen LogP contribution in [0.2, 0.25) is 0 Å². The maximum absolute atomic E-state index is 12.3. The summed E-state index contributed by atoms with van der Waals surface area (Å²) >= 11 is 0. The highest BCUT2D eigenvalue weighted by Gasteiger charge is 2.46. The van der Waals surface area contributed by atoms with E-state index >= 15 is 0 Å². The molecule has 1 rings (SSSR count). The van der Waals surface area contributed by atoms with E-state index in [0.29, 0.717) is 13.0 Å². The first-order valence-electron chi connectivity index (χ1n) is 5.87. The van der Waals surface area contributed by atoms with Crippen LogP contribution in [0.15, 0.2) is 0 Å². The standard InChI is InChI=1S/C12H21N3O/c1-5-15-7-6-12(8-13,9-15)11(16)14(4)10(2)3/h10H,5-7,9H2,1-4H3. The molecule has 1 fully saturated rings. The fourth-order valence-corrected chi connectivity index (χ4v) is 2.04. The number of hydrogen-bond donors (Lipinski definition) is 0. The van der Waals surface area contributed by atoms with Gasteiger partial charge < -0.3 is 9.80 Å². The predicted molar refractivity (Wildman–Crippen MR) is 62.7 cm³/mol. The van der Waals surface area contributed by atoms with Crippen molar-refractivity contribution in [3.05, 3.63) is 0 Å². The van der Waals surface area contributed by atoms with Gasteiger partial charge in [-0.15, -0.1) is 0 Å². The molecule has 1 heterocycles. The van der Waals surface area contributed by atoms with E-state index < -0.39 is 5.41 Å². The topological polar surface area (TPSA) is 47.3 Å². The van der Waals surface area contributed by atoms with Crippen LogP contribution in [0.4, 0.5) is 0 Å². The van der Waals surface area contributed by atoms with E-state index in [9.17, 15) is 10.1 Å². The molecule has 4 heteroatoms. The summed E-state index contributed by atoms with van der Waals surface area (Å²) in [6, 6.07) is 2.39. The lowest BCUT2D eigenvalue weighted by Gasteiger charge is -2.29. The number of rotatable bonds is 3. The summed E-state index contributed by atoms with van der Waals surface area (Å²) in [6.45, 7) is 8.33. The van der Waals surface area contributed by atoms with Crippen LogP contribution >= 0.6 is 0 Å². The molecule has 0 aromatic rings. The Bertz CT molecular complexity index is 308. The van der Waals surface area contributed by atoms with Crippen molar-refractivity contribution < 1.29 is 4.79 Å². The summed E-state index contributed by atoms with van der Waals surface area (Å²) in [7, 11) is 1.78. The van der Waals surface area contributed by atoms with Gasteiger partial charge in [-0.2, -0.15) is 5.26 Å². The molecule has 90 valence electrons. The average Bonchev–Trinajstić information content (AvgIpc) is 2.71. The average molecular weight is 223 g/mol. The van der Waals surface area contributed by atoms with Gasteiger partial charge in [-0.05, 0) is 26.8 Å². The van der Waals surface area contributed by atoms with Crippen molar-refractivity contribution in [1.29, 1.82) is 5.26 Å². The van der Waals surface area contributed by atoms with Gasteiger partial charge in [0.05, 0.1) is 6.07 Å². The second kappa shape index (κ2) is 4.84. The van der Waals surface area contributed by atoms with E-state index in [1.807, 2.05) is 13.8 Å². The molecule has 0 aromatic heterocycles. The monoisotopic (exact) mass is 223 g/mol. The van der Waals surface area contributed by atoms with Crippen LogP contribution in [0, 0.1) is 16.7 Å². The third-order valence-corrected chi connectivity index (χ3v) is 3.51. The molecule has 1 aliphatic rings. The number of amides is 1. The Morgan fingerprint density at radius 2 is 2.25 bits per heavy atom. The van der Waals surface area contributed by atoms with Gasteiger partial charge in [0.2, 0.25) is 5.91 Å². The molecule has 16 heavy (non-hydrogen) atoms. The first-order valence-corrected chi connectivity index (χ1v) is 5.87. The van der Waals surface area contributed by atoms with Gasteiger partial charge in [0.1, 0.15) is 5.41 Å². The quantitative estimate of drug-likeness (QED) is 0.719. The van der Waals surface area contributed by atoms with Gasteiger partial charge in [-0.25, -0.2) is 0 Å². The zero-order valence-corrected chi connectivity index (χ0v) is 10.7. The third-order valence-electron chi connectivity index (χ3n) is 3.51. The lowest BCUT2D eigenvalue weighted by Crippen LogP contribution is -2.45. The first kappa shape index (κ1) is 13.0. The number of nitrogens with zero attached hydrogens (tertiary/aromatic N) is 3. The van der Waals surface area contributed by atoms with Crippen molar-refractivity contribution in [2.24, 2.45) is 5.41 Å². The van der Waals surface area contributed by atoms with Crippen LogP contribution in [0.1, 0.15) is 27.2 Å². The lowest BCUT2D eigenvalue weighted by molar-refractivity contribution is -0.138. The minimum absolute atomic E-state index is 0.0269. The van der Waals surface area contributed by atoms with E-state index in [2.05, 4.69) is 17.9 Å². The highest BCUT2D eigenvalue weighted by molar-refractivity contribution is 5.86. The molecule has 1 atom stereocenters. The van der Waals surface area contributed by atoms with Crippen LogP contribution in [0.3, 0.4) is 0 Å². The van der Waals surface area contributed by atoms with Crippen molar-refractivity contribution in [3.8, 4) is 6.07 Å². The minimum atomic E-state index is -0.810. The SMILES string of the molecule is CCN1CCC(C#N)(C(=O)N(C)C(C)C)C1. The van der Waals surface area contributed by atoms with Crippen molar-refractivity contribution in [3.63, 3.8) is 0 Å². The van der Waals surface area contributed by atoms with Gasteiger partial charge in [-0.1, -0.05) is 6.92 Å². The maximum atomic E-state index is 12.3. The Morgan fingerprint density at radius 1 is 1.62 bits per heavy atom. The largest absolute Gasteiger partial charge is 0.342 e. The number of carbonyl (C=O) groups excluding carboxylic acids is 1. The van der Waals surface area contributed by atoms with Crippen molar-refractivity contribution in [1.82, 2.24) is 9.80 Å². The molecule has 0 radical (unpaired) electrons. The highest BCUT2D eigenvalue weighted by atomic mass is 16.2. The Balaban J connectivity index is 2.83. The molecule has 1 aliphatic heterocycles. The van der Waals surface area contributed by atoms with Crippen LogP contribution in [0.25, 0.3) is 0 Å². The van der Waals surface area contributed by atoms with Crippen LogP contribution in [0.5, 0.6) is 0 Å². The molecule has 1 saturated heterocycles. The van der Waals surface area contributed by atoms with Crippen LogP contribution < -0.4 is 0 Å². The van der Waals surface area contributed by atoms with E-state index in [0.717, 1.165) is 13.1 Å². The lowest BCUT2D eigenvalue weighted by atomic mass is 9.87. The number of nitriles is 1. The van der Waals surface area contributed by atoms with Crippen LogP contribution in [-0.4, -0.2) is 48.4 Å². The third kappa shape index (κ3) is 2.19. The molecule has 0 aliphatic carbocycles. The van der Waals surface area contributed by atoms with Crippen molar-refractivity contribution in [2.45, 2.75) is 33.2 Å². The molecule has 1 unspecified atom stereocenters. The summed E-state index contributed by atoms with van der Waals surface area (Å²) in [5.74, 6) is -0.0269. The Labute approximate surface area is 97.8 Å². The van der Waals surface area contributed by atoms with Gasteiger partial charge >= 0.3 is 0 Å². The second-order valence-electron chi connectivity index (χ2n) is 4.82. The molecule has 1 amide bonds. The zero-order valence-electron chi connectivity index (χ0n) is 10.7. The zero-order chi connectivity index (χ0) is 12.3. The Hall–Kier alpha value is -1.08. The van der Waals surface area contributed by atoms with Gasteiger partial charge in [0.15, 0.2) is 0 Å². The van der Waals surface area contributed by atoms with Crippen molar-refractivity contribution in [2.75, 3.05) is 26.7 Å². The molecule has 0 aromatic carbocycles. The normalized spacial score (nSPS) is 25.8. The summed E-state index contributed by atoms with van der Waals surface area (Å²) in [5.41, 5.74) is -0.810. The van der Waals surface area contributed by atoms with E-state index in [1.165, 1.54) is 0 Å². The highest BCUT2D eigenvalue weighted by Crippen LogP contribution is 2.32. The minimum Gasteiger partial charge on any atom is -0.342 e. The molecule has 0 spiro atoms. The fraction of sp³-hybridized carbons (Fsp3) is 0.833. The van der Waals surface area contributed by atoms with Gasteiger partial charge in [-0.3, -0.25) is 4.79 Å². The summed E-state index contributed by atoms with van der Waals surface area (Å²) < 4.78 is 0. The number of carbonyl (C=O) groups is 1. The van der Waals surface area contributed by atoms with E-state index in [4.69, 9.17) is 0 Å². The van der Waals surface area contributed by atoms with Crippen molar-refractivity contribution >= 4 is 5.91 Å².